The summed E-state index contributed by atoms with van der Waals surface area (Å²) >= 11 is 1.65. The van der Waals surface area contributed by atoms with E-state index < -0.39 is 0 Å². The highest BCUT2D eigenvalue weighted by Crippen LogP contribution is 2.14. The molecule has 0 radical (unpaired) electrons. The van der Waals surface area contributed by atoms with Crippen LogP contribution in [-0.4, -0.2) is 9.97 Å². The van der Waals surface area contributed by atoms with Gasteiger partial charge in [-0.3, -0.25) is 0 Å². The van der Waals surface area contributed by atoms with Crippen molar-refractivity contribution in [3.05, 3.63) is 47.6 Å². The lowest BCUT2D eigenvalue weighted by molar-refractivity contribution is 1.35. The van der Waals surface area contributed by atoms with Gasteiger partial charge in [0.15, 0.2) is 0 Å². The lowest BCUT2D eigenvalue weighted by Crippen LogP contribution is -1.85. The Hall–Kier alpha value is -1.81. The van der Waals surface area contributed by atoms with E-state index in [0.29, 0.717) is 0 Å². The van der Waals surface area contributed by atoms with Gasteiger partial charge < -0.3 is 10.7 Å². The topological polar surface area (TPSA) is 54.7 Å². The molecule has 2 aromatic heterocycles. The van der Waals surface area contributed by atoms with Crippen LogP contribution in [0.3, 0.4) is 0 Å². The van der Waals surface area contributed by atoms with Crippen LogP contribution in [0, 0.1) is 6.92 Å². The Morgan fingerprint density at radius 3 is 2.69 bits per heavy atom. The van der Waals surface area contributed by atoms with Crippen molar-refractivity contribution >= 4 is 27.4 Å². The minimum Gasteiger partial charge on any atom is -0.399 e. The number of H-pyrrole nitrogens is 1. The van der Waals surface area contributed by atoms with Crippen molar-refractivity contribution in [2.75, 3.05) is 5.73 Å². The summed E-state index contributed by atoms with van der Waals surface area (Å²) in [6.45, 7) is 2.00. The quantitative estimate of drug-likeness (QED) is 0.584. The number of aryl methyl sites for hydroxylation is 1. The first-order chi connectivity index (χ1) is 7.77. The van der Waals surface area contributed by atoms with Crippen molar-refractivity contribution in [2.45, 2.75) is 6.92 Å². The maximum absolute atomic E-state index is 5.52. The molecule has 0 saturated carbocycles. The van der Waals surface area contributed by atoms with E-state index in [1.54, 1.807) is 17.7 Å². The number of fused-ring (bicyclic) bond motifs is 1. The fourth-order valence-corrected chi connectivity index (χ4v) is 1.96. The molecule has 2 heterocycles. The summed E-state index contributed by atoms with van der Waals surface area (Å²) in [4.78, 5) is 8.13. The van der Waals surface area contributed by atoms with E-state index in [0.717, 1.165) is 21.6 Å². The summed E-state index contributed by atoms with van der Waals surface area (Å²) in [6, 6.07) is 9.83. The summed E-state index contributed by atoms with van der Waals surface area (Å²) in [5.41, 5.74) is 8.67. The summed E-state index contributed by atoms with van der Waals surface area (Å²) in [5.74, 6) is 0. The summed E-state index contributed by atoms with van der Waals surface area (Å²) in [6.07, 6.45) is 1.71. The molecule has 0 aliphatic carbocycles. The molecule has 3 aromatic rings. The van der Waals surface area contributed by atoms with Crippen LogP contribution in [0.25, 0.3) is 10.3 Å². The van der Waals surface area contributed by atoms with E-state index in [2.05, 4.69) is 9.97 Å². The van der Waals surface area contributed by atoms with Crippen LogP contribution in [0.5, 0.6) is 0 Å². The highest BCUT2D eigenvalue weighted by atomic mass is 32.1. The Morgan fingerprint density at radius 1 is 1.25 bits per heavy atom. The fourth-order valence-electron chi connectivity index (χ4n) is 1.26. The Morgan fingerprint density at radius 2 is 2.06 bits per heavy atom. The van der Waals surface area contributed by atoms with E-state index in [1.165, 1.54) is 0 Å². The van der Waals surface area contributed by atoms with Gasteiger partial charge in [-0.2, -0.15) is 0 Å². The Labute approximate surface area is 97.9 Å². The third kappa shape index (κ3) is 2.41. The molecule has 0 saturated heterocycles. The average Bonchev–Trinajstić information content (AvgIpc) is 2.85. The molecule has 0 aliphatic heterocycles. The number of thiophene rings is 1. The Bertz CT molecular complexity index is 496. The largest absolute Gasteiger partial charge is 0.399 e. The number of aromatic nitrogens is 2. The molecule has 16 heavy (non-hydrogen) atoms. The van der Waals surface area contributed by atoms with Crippen molar-refractivity contribution < 1.29 is 0 Å². The van der Waals surface area contributed by atoms with Gasteiger partial charge in [-0.05, 0) is 30.0 Å². The number of para-hydroxylation sites is 1. The van der Waals surface area contributed by atoms with E-state index in [-0.39, 0.29) is 0 Å². The van der Waals surface area contributed by atoms with E-state index in [9.17, 15) is 0 Å². The van der Waals surface area contributed by atoms with Gasteiger partial charge in [0.25, 0.3) is 0 Å². The predicted molar refractivity (Wildman–Crippen MR) is 69.6 cm³/mol. The van der Waals surface area contributed by atoms with Gasteiger partial charge in [0.2, 0.25) is 0 Å². The number of anilines is 1. The number of hydrogen-bond donors (Lipinski definition) is 2. The maximum atomic E-state index is 5.52. The number of nitrogens with one attached hydrogen (secondary N) is 1. The number of rotatable bonds is 0. The normalized spacial score (nSPS) is 9.81. The predicted octanol–water partition coefficient (Wildman–Crippen LogP) is 3.20. The number of nitrogen functional groups attached to an aromatic ring is 1. The first-order valence-corrected chi connectivity index (χ1v) is 5.83. The third-order valence-electron chi connectivity index (χ3n) is 2.24. The first kappa shape index (κ1) is 10.7. The highest BCUT2D eigenvalue weighted by molar-refractivity contribution is 7.16. The zero-order valence-corrected chi connectivity index (χ0v) is 9.79. The van der Waals surface area contributed by atoms with Gasteiger partial charge in [-0.15, -0.1) is 11.3 Å². The van der Waals surface area contributed by atoms with Crippen molar-refractivity contribution in [2.24, 2.45) is 0 Å². The first-order valence-electron chi connectivity index (χ1n) is 4.95. The van der Waals surface area contributed by atoms with Crippen LogP contribution in [0.4, 0.5) is 5.69 Å². The molecular formula is C12H13N3S. The minimum atomic E-state index is 0.868. The van der Waals surface area contributed by atoms with Crippen LogP contribution in [0.1, 0.15) is 5.56 Å². The fraction of sp³-hybridized carbons (Fsp3) is 0.0833. The van der Waals surface area contributed by atoms with Gasteiger partial charge in [0.05, 0.1) is 11.8 Å². The van der Waals surface area contributed by atoms with E-state index in [4.69, 9.17) is 5.73 Å². The minimum absolute atomic E-state index is 0.868. The smallest absolute Gasteiger partial charge is 0.141 e. The monoisotopic (exact) mass is 231 g/mol. The average molecular weight is 231 g/mol. The van der Waals surface area contributed by atoms with E-state index >= 15 is 0 Å². The lowest BCUT2D eigenvalue weighted by Gasteiger charge is -1.93. The number of aromatic amines is 1. The molecule has 1 aromatic carbocycles. The van der Waals surface area contributed by atoms with Gasteiger partial charge in [-0.25, -0.2) is 4.98 Å². The van der Waals surface area contributed by atoms with Gasteiger partial charge >= 0.3 is 0 Å². The molecule has 3 rings (SSSR count). The van der Waals surface area contributed by atoms with Crippen LogP contribution in [-0.2, 0) is 0 Å². The van der Waals surface area contributed by atoms with Crippen LogP contribution in [0.2, 0.25) is 0 Å². The molecule has 4 heteroatoms. The summed E-state index contributed by atoms with van der Waals surface area (Å²) in [5, 5.41) is 2.02. The molecule has 0 spiro atoms. The van der Waals surface area contributed by atoms with Crippen molar-refractivity contribution in [3.63, 3.8) is 0 Å². The molecule has 0 aliphatic rings. The summed E-state index contributed by atoms with van der Waals surface area (Å²) < 4.78 is 0. The Balaban J connectivity index is 0.000000120. The number of nitrogens with two attached hydrogens (primary N) is 1. The third-order valence-corrected chi connectivity index (χ3v) is 3.06. The van der Waals surface area contributed by atoms with Crippen molar-refractivity contribution in [1.82, 2.24) is 9.97 Å². The molecule has 0 bridgehead atoms. The molecule has 0 fully saturated rings. The standard InChI is InChI=1S/C7H9N.C5H4N2S/c1-6-4-2-3-5-7(6)8;1-2-8-5-4(1)6-3-7-5/h2-5H,8H2,1H3;1-3H,(H,6,7). The van der Waals surface area contributed by atoms with Gasteiger partial charge in [0.1, 0.15) is 4.83 Å². The lowest BCUT2D eigenvalue weighted by atomic mass is 10.2. The molecule has 0 amide bonds. The SMILES string of the molecule is Cc1ccccc1N.c1nc2sccc2[nH]1. The van der Waals surface area contributed by atoms with Gasteiger partial charge in [-0.1, -0.05) is 18.2 Å². The molecule has 3 N–H and O–H groups in total. The second-order valence-corrected chi connectivity index (χ2v) is 4.29. The second kappa shape index (κ2) is 4.81. The Kier molecular flexibility index (Phi) is 3.22. The number of imidazole rings is 1. The zero-order chi connectivity index (χ0) is 11.4. The molecule has 0 unspecified atom stereocenters. The van der Waals surface area contributed by atoms with Crippen molar-refractivity contribution in [3.8, 4) is 0 Å². The molecule has 82 valence electrons. The van der Waals surface area contributed by atoms with Crippen molar-refractivity contribution in [1.29, 1.82) is 0 Å². The zero-order valence-electron chi connectivity index (χ0n) is 8.97. The number of hydrogen-bond acceptors (Lipinski definition) is 3. The van der Waals surface area contributed by atoms with Crippen LogP contribution < -0.4 is 5.73 Å². The van der Waals surface area contributed by atoms with Crippen LogP contribution in [0.15, 0.2) is 42.0 Å². The summed E-state index contributed by atoms with van der Waals surface area (Å²) in [7, 11) is 0. The molecular weight excluding hydrogens is 218 g/mol. The second-order valence-electron chi connectivity index (χ2n) is 3.40. The molecule has 3 nitrogen and oxygen atoms in total. The molecule has 0 atom stereocenters. The van der Waals surface area contributed by atoms with Gasteiger partial charge in [0, 0.05) is 5.69 Å². The number of benzene rings is 1. The maximum Gasteiger partial charge on any atom is 0.141 e. The van der Waals surface area contributed by atoms with Crippen LogP contribution >= 0.6 is 11.3 Å². The number of nitrogens with zero attached hydrogens (tertiary/aromatic N) is 1. The highest BCUT2D eigenvalue weighted by Gasteiger charge is 1.91. The van der Waals surface area contributed by atoms with E-state index in [1.807, 2.05) is 42.6 Å².